The second-order valence-electron chi connectivity index (χ2n) is 8.35. The first-order valence-corrected chi connectivity index (χ1v) is 10.7. The van der Waals surface area contributed by atoms with Gasteiger partial charge in [-0.05, 0) is 67.6 Å². The Morgan fingerprint density at radius 1 is 1.13 bits per heavy atom. The second-order valence-corrected chi connectivity index (χ2v) is 8.35. The number of aryl methyl sites for hydroxylation is 1. The normalized spacial score (nSPS) is 24.4. The SMILES string of the molecule is N[C@H]1CCCN(C2CCc3ccccc3C2Oc2ccc(F)cc2-c2ccn[nH]2)C1. The Morgan fingerprint density at radius 3 is 2.87 bits per heavy atom. The molecule has 1 aliphatic heterocycles. The molecule has 2 aromatic carbocycles. The number of fused-ring (bicyclic) bond motifs is 1. The van der Waals surface area contributed by atoms with Crippen molar-refractivity contribution < 1.29 is 9.13 Å². The summed E-state index contributed by atoms with van der Waals surface area (Å²) in [7, 11) is 0. The van der Waals surface area contributed by atoms with Crippen molar-refractivity contribution in [1.82, 2.24) is 15.1 Å². The number of aromatic nitrogens is 2. The number of nitrogens with one attached hydrogen (secondary N) is 1. The first-order chi connectivity index (χ1) is 14.7. The largest absolute Gasteiger partial charge is 0.483 e. The van der Waals surface area contributed by atoms with Gasteiger partial charge in [0.15, 0.2) is 0 Å². The lowest BCUT2D eigenvalue weighted by molar-refractivity contribution is 0.0370. The Kier molecular flexibility index (Phi) is 5.27. The molecule has 1 aromatic heterocycles. The van der Waals surface area contributed by atoms with Crippen molar-refractivity contribution in [3.05, 3.63) is 71.7 Å². The zero-order valence-corrected chi connectivity index (χ0v) is 16.9. The number of ether oxygens (including phenoxy) is 1. The van der Waals surface area contributed by atoms with Crippen molar-refractivity contribution in [3.8, 4) is 17.0 Å². The summed E-state index contributed by atoms with van der Waals surface area (Å²) >= 11 is 0. The van der Waals surface area contributed by atoms with E-state index in [0.717, 1.165) is 44.5 Å². The fourth-order valence-electron chi connectivity index (χ4n) is 4.92. The zero-order chi connectivity index (χ0) is 20.5. The number of likely N-dealkylation sites (tertiary alicyclic amines) is 1. The first-order valence-electron chi connectivity index (χ1n) is 10.7. The summed E-state index contributed by atoms with van der Waals surface area (Å²) in [5, 5.41) is 6.96. The minimum absolute atomic E-state index is 0.132. The summed E-state index contributed by atoms with van der Waals surface area (Å²) in [5.41, 5.74) is 10.3. The second kappa shape index (κ2) is 8.20. The molecule has 156 valence electrons. The summed E-state index contributed by atoms with van der Waals surface area (Å²) in [6, 6.07) is 15.5. The third-order valence-electron chi connectivity index (χ3n) is 6.37. The van der Waals surface area contributed by atoms with Crippen molar-refractivity contribution in [3.63, 3.8) is 0 Å². The summed E-state index contributed by atoms with van der Waals surface area (Å²) in [6.45, 7) is 1.93. The van der Waals surface area contributed by atoms with Gasteiger partial charge < -0.3 is 10.5 Å². The molecule has 1 saturated heterocycles. The predicted molar refractivity (Wildman–Crippen MR) is 115 cm³/mol. The molecule has 0 amide bonds. The average Bonchev–Trinajstić information content (AvgIpc) is 3.30. The van der Waals surface area contributed by atoms with Gasteiger partial charge in [0, 0.05) is 24.3 Å². The Hall–Kier alpha value is -2.70. The van der Waals surface area contributed by atoms with Gasteiger partial charge in [0.25, 0.3) is 0 Å². The topological polar surface area (TPSA) is 67.2 Å². The van der Waals surface area contributed by atoms with Crippen LogP contribution in [0.4, 0.5) is 4.39 Å². The van der Waals surface area contributed by atoms with Gasteiger partial charge in [0.1, 0.15) is 17.7 Å². The van der Waals surface area contributed by atoms with Gasteiger partial charge in [-0.15, -0.1) is 0 Å². The Morgan fingerprint density at radius 2 is 2.03 bits per heavy atom. The van der Waals surface area contributed by atoms with Crippen molar-refractivity contribution in [1.29, 1.82) is 0 Å². The quantitative estimate of drug-likeness (QED) is 0.685. The van der Waals surface area contributed by atoms with Crippen LogP contribution in [0.25, 0.3) is 11.3 Å². The number of halogens is 1. The van der Waals surface area contributed by atoms with E-state index in [9.17, 15) is 4.39 Å². The van der Waals surface area contributed by atoms with E-state index in [4.69, 9.17) is 10.5 Å². The summed E-state index contributed by atoms with van der Waals surface area (Å²) in [5.74, 6) is 0.364. The maximum absolute atomic E-state index is 14.1. The molecule has 5 rings (SSSR count). The minimum Gasteiger partial charge on any atom is -0.483 e. The molecule has 2 aliphatic rings. The molecule has 1 aliphatic carbocycles. The Labute approximate surface area is 176 Å². The van der Waals surface area contributed by atoms with Crippen LogP contribution in [-0.4, -0.2) is 40.3 Å². The molecule has 6 heteroatoms. The lowest BCUT2D eigenvalue weighted by Gasteiger charge is -2.43. The predicted octanol–water partition coefficient (Wildman–Crippen LogP) is 4.07. The maximum atomic E-state index is 14.1. The number of H-pyrrole nitrogens is 1. The number of hydrogen-bond donors (Lipinski definition) is 2. The number of piperidine rings is 1. The smallest absolute Gasteiger partial charge is 0.139 e. The number of nitrogens with two attached hydrogens (primary N) is 1. The molecule has 3 aromatic rings. The standard InChI is InChI=1S/C24H27FN4O/c25-17-8-10-23(20(14-17)21-11-12-27-28-21)30-24-19-6-2-1-4-16(19)7-9-22(24)29-13-3-5-18(26)15-29/h1-2,4,6,8,10-12,14,18,22,24H,3,5,7,9,13,15,26H2,(H,27,28)/t18-,22?,24?/m0/s1. The van der Waals surface area contributed by atoms with Crippen LogP contribution in [0.1, 0.15) is 36.5 Å². The number of aromatic amines is 1. The average molecular weight is 407 g/mol. The maximum Gasteiger partial charge on any atom is 0.139 e. The van der Waals surface area contributed by atoms with Gasteiger partial charge in [-0.3, -0.25) is 10.00 Å². The van der Waals surface area contributed by atoms with E-state index in [1.54, 1.807) is 12.3 Å². The van der Waals surface area contributed by atoms with Crippen molar-refractivity contribution in [2.45, 2.75) is 43.9 Å². The van der Waals surface area contributed by atoms with Crippen LogP contribution in [-0.2, 0) is 6.42 Å². The van der Waals surface area contributed by atoms with Crippen molar-refractivity contribution in [2.75, 3.05) is 13.1 Å². The van der Waals surface area contributed by atoms with Gasteiger partial charge in [-0.2, -0.15) is 5.10 Å². The fourth-order valence-corrected chi connectivity index (χ4v) is 4.92. The molecular weight excluding hydrogens is 379 g/mol. The highest BCUT2D eigenvalue weighted by Gasteiger charge is 2.37. The molecule has 0 spiro atoms. The van der Waals surface area contributed by atoms with E-state index in [-0.39, 0.29) is 24.0 Å². The Bertz CT molecular complexity index is 1010. The van der Waals surface area contributed by atoms with Crippen LogP contribution in [0, 0.1) is 5.82 Å². The minimum atomic E-state index is -0.297. The Balaban J connectivity index is 1.53. The number of rotatable bonds is 4. The van der Waals surface area contributed by atoms with E-state index in [0.29, 0.717) is 11.3 Å². The fraction of sp³-hybridized carbons (Fsp3) is 0.375. The molecule has 30 heavy (non-hydrogen) atoms. The molecule has 0 bridgehead atoms. The molecule has 3 N–H and O–H groups in total. The van der Waals surface area contributed by atoms with Crippen LogP contribution in [0.2, 0.25) is 0 Å². The van der Waals surface area contributed by atoms with Crippen LogP contribution in [0.3, 0.4) is 0 Å². The third-order valence-corrected chi connectivity index (χ3v) is 6.37. The molecule has 2 heterocycles. The number of nitrogens with zero attached hydrogens (tertiary/aromatic N) is 2. The molecule has 0 radical (unpaired) electrons. The van der Waals surface area contributed by atoms with Crippen molar-refractivity contribution >= 4 is 0 Å². The molecule has 2 unspecified atom stereocenters. The molecule has 3 atom stereocenters. The van der Waals surface area contributed by atoms with Gasteiger partial charge in [0.05, 0.1) is 11.7 Å². The van der Waals surface area contributed by atoms with Crippen LogP contribution in [0.15, 0.2) is 54.7 Å². The van der Waals surface area contributed by atoms with Crippen LogP contribution in [0.5, 0.6) is 5.75 Å². The van der Waals surface area contributed by atoms with Crippen LogP contribution >= 0.6 is 0 Å². The van der Waals surface area contributed by atoms with Gasteiger partial charge >= 0.3 is 0 Å². The van der Waals surface area contributed by atoms with Gasteiger partial charge in [-0.1, -0.05) is 24.3 Å². The molecule has 1 fully saturated rings. The van der Waals surface area contributed by atoms with E-state index >= 15 is 0 Å². The van der Waals surface area contributed by atoms with E-state index in [1.165, 1.54) is 23.3 Å². The van der Waals surface area contributed by atoms with Crippen LogP contribution < -0.4 is 10.5 Å². The summed E-state index contributed by atoms with van der Waals surface area (Å²) in [6.07, 6.45) is 5.78. The molecule has 5 nitrogen and oxygen atoms in total. The highest BCUT2D eigenvalue weighted by Crippen LogP contribution is 2.40. The lowest BCUT2D eigenvalue weighted by Crippen LogP contribution is -2.51. The van der Waals surface area contributed by atoms with Crippen molar-refractivity contribution in [2.24, 2.45) is 5.73 Å². The summed E-state index contributed by atoms with van der Waals surface area (Å²) in [4.78, 5) is 2.49. The van der Waals surface area contributed by atoms with E-state index in [1.807, 2.05) is 6.07 Å². The monoisotopic (exact) mass is 406 g/mol. The lowest BCUT2D eigenvalue weighted by atomic mass is 9.84. The molecular formula is C24H27FN4O. The van der Waals surface area contributed by atoms with E-state index in [2.05, 4.69) is 39.4 Å². The van der Waals surface area contributed by atoms with Gasteiger partial charge in [0.2, 0.25) is 0 Å². The highest BCUT2D eigenvalue weighted by atomic mass is 19.1. The number of benzene rings is 2. The van der Waals surface area contributed by atoms with Gasteiger partial charge in [-0.25, -0.2) is 4.39 Å². The number of hydrogen-bond acceptors (Lipinski definition) is 4. The van der Waals surface area contributed by atoms with E-state index < -0.39 is 0 Å². The highest BCUT2D eigenvalue weighted by molar-refractivity contribution is 5.67. The first kappa shape index (κ1) is 19.3. The zero-order valence-electron chi connectivity index (χ0n) is 16.9. The molecule has 0 saturated carbocycles. The summed E-state index contributed by atoms with van der Waals surface area (Å²) < 4.78 is 20.8. The third kappa shape index (κ3) is 3.73.